The molecule has 13 heteroatoms. The second kappa shape index (κ2) is 12.9. The summed E-state index contributed by atoms with van der Waals surface area (Å²) in [5.74, 6) is 0.530. The van der Waals surface area contributed by atoms with E-state index in [2.05, 4.69) is 14.5 Å². The molecule has 0 atom stereocenters. The summed E-state index contributed by atoms with van der Waals surface area (Å²) in [5, 5.41) is 3.53. The molecule has 1 aromatic heterocycles. The Morgan fingerprint density at radius 1 is 1.07 bits per heavy atom. The molecule has 0 saturated heterocycles. The first-order valence-electron chi connectivity index (χ1n) is 12.7. The summed E-state index contributed by atoms with van der Waals surface area (Å²) in [6, 6.07) is 15.8. The van der Waals surface area contributed by atoms with Crippen molar-refractivity contribution in [3.63, 3.8) is 0 Å². The number of amides is 1. The van der Waals surface area contributed by atoms with E-state index in [0.717, 1.165) is 11.3 Å². The molecule has 222 valence electrons. The van der Waals surface area contributed by atoms with Crippen LogP contribution in [0.5, 0.6) is 5.75 Å². The third-order valence-electron chi connectivity index (χ3n) is 6.50. The zero-order valence-electron chi connectivity index (χ0n) is 23.2. The lowest BCUT2D eigenvalue weighted by Crippen LogP contribution is -2.26. The molecule has 0 unspecified atom stereocenters. The molecule has 0 saturated carbocycles. The molecule has 1 N–H and O–H groups in total. The number of nitrogens with zero attached hydrogens (tertiary/aromatic N) is 2. The molecule has 0 bridgehead atoms. The molecule has 42 heavy (non-hydrogen) atoms. The average Bonchev–Trinajstić information content (AvgIpc) is 3.37. The number of imidazole rings is 1. The first kappa shape index (κ1) is 31.7. The number of hydrogen-bond acceptors (Lipinski definition) is 7. The van der Waals surface area contributed by atoms with Crippen molar-refractivity contribution in [2.45, 2.75) is 42.0 Å². The molecule has 0 aliphatic heterocycles. The minimum Gasteiger partial charge on any atom is -0.495 e. The fourth-order valence-corrected chi connectivity index (χ4v) is 6.68. The predicted octanol–water partition coefficient (Wildman–Crippen LogP) is 7.38. The van der Waals surface area contributed by atoms with Gasteiger partial charge in [0.05, 0.1) is 24.0 Å². The third kappa shape index (κ3) is 6.86. The zero-order valence-corrected chi connectivity index (χ0v) is 26.3. The van der Waals surface area contributed by atoms with Gasteiger partial charge in [-0.1, -0.05) is 60.9 Å². The number of carbonyl (C=O) groups is 1. The molecule has 0 fully saturated rings. The quantitative estimate of drug-likeness (QED) is 0.141. The van der Waals surface area contributed by atoms with Crippen molar-refractivity contribution in [2.75, 3.05) is 13.7 Å². The maximum Gasteiger partial charge on any atom is 0.423 e. The largest absolute Gasteiger partial charge is 0.495 e. The topological polar surface area (TPSA) is 99.5 Å². The van der Waals surface area contributed by atoms with Gasteiger partial charge in [0.25, 0.3) is 0 Å². The van der Waals surface area contributed by atoms with Crippen molar-refractivity contribution in [2.24, 2.45) is 0 Å². The summed E-state index contributed by atoms with van der Waals surface area (Å²) >= 11 is 14.3. The highest BCUT2D eigenvalue weighted by Gasteiger charge is 2.30. The molecule has 4 rings (SSSR count). The van der Waals surface area contributed by atoms with Gasteiger partial charge in [-0.3, -0.25) is 4.57 Å². The summed E-state index contributed by atoms with van der Waals surface area (Å²) in [7, 11) is -2.80. The van der Waals surface area contributed by atoms with E-state index >= 15 is 0 Å². The Morgan fingerprint density at radius 2 is 1.79 bits per heavy atom. The maximum absolute atomic E-state index is 13.8. The number of benzene rings is 3. The molecule has 1 amide bonds. The molecule has 4 aromatic rings. The molecule has 0 aliphatic carbocycles. The number of nitrogens with one attached hydrogen (secondary N) is 1. The maximum atomic E-state index is 13.8. The normalized spacial score (nSPS) is 11.8. The van der Waals surface area contributed by atoms with Gasteiger partial charge < -0.3 is 14.2 Å². The number of hydrogen-bond donors (Lipinski definition) is 1. The van der Waals surface area contributed by atoms with Crippen LogP contribution in [0.15, 0.2) is 76.9 Å². The summed E-state index contributed by atoms with van der Waals surface area (Å²) in [6.45, 7) is 5.92. The Kier molecular flexibility index (Phi) is 9.77. The van der Waals surface area contributed by atoms with Gasteiger partial charge in [0, 0.05) is 28.4 Å². The minimum atomic E-state index is -4.35. The van der Waals surface area contributed by atoms with Crippen molar-refractivity contribution >= 4 is 51.2 Å². The van der Waals surface area contributed by atoms with Crippen LogP contribution in [0.2, 0.25) is 10.0 Å². The van der Waals surface area contributed by atoms with Crippen molar-refractivity contribution < 1.29 is 26.5 Å². The summed E-state index contributed by atoms with van der Waals surface area (Å²) < 4.78 is 50.5. The van der Waals surface area contributed by atoms with Crippen LogP contribution in [-0.2, 0) is 25.5 Å². The lowest BCUT2D eigenvalue weighted by molar-refractivity contribution is 0.203. The van der Waals surface area contributed by atoms with Crippen LogP contribution in [0.4, 0.5) is 9.18 Å². The van der Waals surface area contributed by atoms with Gasteiger partial charge in [0.15, 0.2) is 5.16 Å². The minimum absolute atomic E-state index is 0.177. The Bertz CT molecular complexity index is 1710. The van der Waals surface area contributed by atoms with Gasteiger partial charge in [-0.2, -0.15) is 8.42 Å². The Morgan fingerprint density at radius 3 is 2.40 bits per heavy atom. The monoisotopic (exact) mass is 651 g/mol. The van der Waals surface area contributed by atoms with E-state index in [9.17, 15) is 17.6 Å². The van der Waals surface area contributed by atoms with E-state index in [0.29, 0.717) is 32.9 Å². The molecule has 8 nitrogen and oxygen atoms in total. The predicted molar refractivity (Wildman–Crippen MR) is 162 cm³/mol. The van der Waals surface area contributed by atoms with Gasteiger partial charge >= 0.3 is 16.2 Å². The van der Waals surface area contributed by atoms with E-state index < -0.39 is 21.6 Å². The highest BCUT2D eigenvalue weighted by molar-refractivity contribution is 7.98. The highest BCUT2D eigenvalue weighted by atomic mass is 35.5. The second-order valence-corrected chi connectivity index (χ2v) is 12.9. The first-order chi connectivity index (χ1) is 19.9. The lowest BCUT2D eigenvalue weighted by atomic mass is 9.81. The standard InChI is InChI=1S/C29H28Cl2FN3O5S2/c1-5-33-28(36)40-42(37,38)22-12-6-18(23(30)15-22)17-41-27-34-16-26(35(27)21-10-8-20(32)9-11-21)29(2,3)19-7-13-25(39-4)24(31)14-19/h6-16H,5,17H2,1-4H3,(H,33,36). The van der Waals surface area contributed by atoms with Crippen LogP contribution in [-0.4, -0.2) is 37.7 Å². The summed E-state index contributed by atoms with van der Waals surface area (Å²) in [6.07, 6.45) is 0.691. The van der Waals surface area contributed by atoms with Gasteiger partial charge in [-0.15, -0.1) is 0 Å². The second-order valence-electron chi connectivity index (χ2n) is 9.61. The van der Waals surface area contributed by atoms with Crippen molar-refractivity contribution in [1.29, 1.82) is 0 Å². The highest BCUT2D eigenvalue weighted by Crippen LogP contribution is 2.39. The van der Waals surface area contributed by atoms with Gasteiger partial charge in [-0.25, -0.2) is 14.2 Å². The molecular weight excluding hydrogens is 624 g/mol. The number of carbonyl (C=O) groups excluding carboxylic acids is 1. The molecule has 0 radical (unpaired) electrons. The van der Waals surface area contributed by atoms with Crippen molar-refractivity contribution in [1.82, 2.24) is 14.9 Å². The van der Waals surface area contributed by atoms with E-state index in [1.54, 1.807) is 44.5 Å². The van der Waals surface area contributed by atoms with Crippen LogP contribution in [0, 0.1) is 5.82 Å². The van der Waals surface area contributed by atoms with Gasteiger partial charge in [0.2, 0.25) is 0 Å². The van der Waals surface area contributed by atoms with E-state index in [1.807, 2.05) is 30.5 Å². The molecular formula is C29H28Cl2FN3O5S2. The van der Waals surface area contributed by atoms with E-state index in [-0.39, 0.29) is 22.3 Å². The molecule has 3 aromatic carbocycles. The van der Waals surface area contributed by atoms with Crippen molar-refractivity contribution in [3.8, 4) is 11.4 Å². The van der Waals surface area contributed by atoms with Gasteiger partial charge in [-0.05, 0) is 66.6 Å². The summed E-state index contributed by atoms with van der Waals surface area (Å²) in [5.41, 5.74) is 2.51. The number of methoxy groups -OCH3 is 1. The van der Waals surface area contributed by atoms with Crippen LogP contribution in [0.3, 0.4) is 0 Å². The average molecular weight is 653 g/mol. The lowest BCUT2D eigenvalue weighted by Gasteiger charge is -2.28. The van der Waals surface area contributed by atoms with Crippen LogP contribution >= 0.6 is 35.0 Å². The van der Waals surface area contributed by atoms with Crippen LogP contribution in [0.1, 0.15) is 37.6 Å². The molecule has 0 aliphatic rings. The van der Waals surface area contributed by atoms with Gasteiger partial charge in [0.1, 0.15) is 16.5 Å². The fraction of sp³-hybridized carbons (Fsp3) is 0.241. The van der Waals surface area contributed by atoms with Crippen LogP contribution < -0.4 is 10.1 Å². The number of thioether (sulfide) groups is 1. The fourth-order valence-electron chi connectivity index (χ4n) is 4.18. The third-order valence-corrected chi connectivity index (χ3v) is 9.36. The Labute approximate surface area is 258 Å². The summed E-state index contributed by atoms with van der Waals surface area (Å²) in [4.78, 5) is 16.1. The number of halogens is 3. The van der Waals surface area contributed by atoms with Crippen molar-refractivity contribution in [3.05, 3.63) is 99.5 Å². The first-order valence-corrected chi connectivity index (χ1v) is 15.8. The van der Waals surface area contributed by atoms with E-state index in [4.69, 9.17) is 27.9 Å². The smallest absolute Gasteiger partial charge is 0.423 e. The van der Waals surface area contributed by atoms with Crippen LogP contribution in [0.25, 0.3) is 5.69 Å². The number of aromatic nitrogens is 2. The molecule has 0 spiro atoms. The number of ether oxygens (including phenoxy) is 1. The number of rotatable bonds is 10. The zero-order chi connectivity index (χ0) is 30.7. The SMILES string of the molecule is CCNC(=O)OS(=O)(=O)c1ccc(CSc2ncc(C(C)(C)c3ccc(OC)c(Cl)c3)n2-c2ccc(F)cc2)c(Cl)c1. The van der Waals surface area contributed by atoms with E-state index in [1.165, 1.54) is 36.0 Å². The Balaban J connectivity index is 1.67. The molecule has 1 heterocycles. The Hall–Kier alpha value is -3.25.